The lowest BCUT2D eigenvalue weighted by Gasteiger charge is -2.01. The first-order valence-electron chi connectivity index (χ1n) is 5.77. The van der Waals surface area contributed by atoms with Gasteiger partial charge in [-0.3, -0.25) is 4.79 Å². The van der Waals surface area contributed by atoms with Gasteiger partial charge in [-0.25, -0.2) is 0 Å². The molecular weight excluding hydrogens is 198 g/mol. The lowest BCUT2D eigenvalue weighted by atomic mass is 10.0. The summed E-state index contributed by atoms with van der Waals surface area (Å²) < 4.78 is 0. The van der Waals surface area contributed by atoms with Gasteiger partial charge in [-0.2, -0.15) is 0 Å². The zero-order chi connectivity index (χ0) is 11.8. The van der Waals surface area contributed by atoms with Gasteiger partial charge in [0.15, 0.2) is 5.78 Å². The average Bonchev–Trinajstić information content (AvgIpc) is 2.33. The molecule has 0 aliphatic carbocycles. The maximum absolute atomic E-state index is 11.8. The zero-order valence-electron chi connectivity index (χ0n) is 9.78. The van der Waals surface area contributed by atoms with E-state index in [2.05, 4.69) is 6.92 Å². The molecule has 2 heteroatoms. The third kappa shape index (κ3) is 3.99. The van der Waals surface area contributed by atoms with E-state index in [0.717, 1.165) is 24.0 Å². The van der Waals surface area contributed by atoms with E-state index in [1.807, 2.05) is 36.4 Å². The summed E-state index contributed by atoms with van der Waals surface area (Å²) in [6.45, 7) is 2.61. The van der Waals surface area contributed by atoms with Crippen LogP contribution < -0.4 is 5.73 Å². The van der Waals surface area contributed by atoms with Crippen LogP contribution in [0.5, 0.6) is 0 Å². The zero-order valence-corrected chi connectivity index (χ0v) is 9.78. The molecule has 0 amide bonds. The van der Waals surface area contributed by atoms with Gasteiger partial charge in [0.05, 0.1) is 0 Å². The van der Waals surface area contributed by atoms with Crippen LogP contribution in [0.2, 0.25) is 0 Å². The molecule has 1 rings (SSSR count). The van der Waals surface area contributed by atoms with E-state index >= 15 is 0 Å². The van der Waals surface area contributed by atoms with Gasteiger partial charge in [0.2, 0.25) is 0 Å². The highest BCUT2D eigenvalue weighted by Crippen LogP contribution is 2.11. The number of benzene rings is 1. The van der Waals surface area contributed by atoms with Crippen LogP contribution in [0.3, 0.4) is 0 Å². The van der Waals surface area contributed by atoms with Crippen LogP contribution in [0.4, 0.5) is 0 Å². The van der Waals surface area contributed by atoms with Crippen LogP contribution in [0.15, 0.2) is 30.3 Å². The van der Waals surface area contributed by atoms with Crippen LogP contribution in [-0.2, 0) is 0 Å². The third-order valence-electron chi connectivity index (χ3n) is 2.41. The number of ketones is 1. The molecule has 0 heterocycles. The Bertz CT molecular complexity index is 369. The molecule has 0 atom stereocenters. The third-order valence-corrected chi connectivity index (χ3v) is 2.41. The number of hydrogen-bond acceptors (Lipinski definition) is 2. The number of rotatable bonds is 6. The lowest BCUT2D eigenvalue weighted by molar-refractivity contribution is 0.0980. The van der Waals surface area contributed by atoms with Gasteiger partial charge < -0.3 is 5.73 Å². The Morgan fingerprint density at radius 1 is 1.44 bits per heavy atom. The summed E-state index contributed by atoms with van der Waals surface area (Å²) >= 11 is 0. The number of unbranched alkanes of at least 4 members (excludes halogenated alkanes) is 1. The topological polar surface area (TPSA) is 43.1 Å². The van der Waals surface area contributed by atoms with Crippen LogP contribution in [-0.4, -0.2) is 12.3 Å². The summed E-state index contributed by atoms with van der Waals surface area (Å²) in [6, 6.07) is 7.68. The van der Waals surface area contributed by atoms with Gasteiger partial charge in [-0.15, -0.1) is 0 Å². The Kier molecular flexibility index (Phi) is 5.51. The molecule has 86 valence electrons. The first-order valence-corrected chi connectivity index (χ1v) is 5.77. The van der Waals surface area contributed by atoms with E-state index in [-0.39, 0.29) is 5.78 Å². The van der Waals surface area contributed by atoms with E-state index in [9.17, 15) is 4.79 Å². The van der Waals surface area contributed by atoms with E-state index in [1.54, 1.807) is 0 Å². The first-order chi connectivity index (χ1) is 7.77. The number of hydrogen-bond donors (Lipinski definition) is 1. The van der Waals surface area contributed by atoms with Crippen molar-refractivity contribution in [1.82, 2.24) is 0 Å². The van der Waals surface area contributed by atoms with Crippen molar-refractivity contribution in [2.75, 3.05) is 6.54 Å². The Balaban J connectivity index is 2.73. The molecule has 0 unspecified atom stereocenters. The minimum atomic E-state index is 0.227. The van der Waals surface area contributed by atoms with E-state index in [4.69, 9.17) is 5.73 Å². The molecule has 0 aliphatic rings. The van der Waals surface area contributed by atoms with Gasteiger partial charge in [0.25, 0.3) is 0 Å². The van der Waals surface area contributed by atoms with Gasteiger partial charge >= 0.3 is 0 Å². The molecule has 0 aromatic heterocycles. The Hall–Kier alpha value is -1.41. The lowest BCUT2D eigenvalue weighted by Crippen LogP contribution is -1.98. The molecule has 0 spiro atoms. The molecule has 0 bridgehead atoms. The standard InChI is InChI=1S/C14H19NO/c1-2-3-9-14(16)13-8-4-6-12(11-13)7-5-10-15/h4-8,11H,2-3,9-10,15H2,1H3. The van der Waals surface area contributed by atoms with Crippen LogP contribution >= 0.6 is 0 Å². The SMILES string of the molecule is CCCCC(=O)c1cccc(C=CCN)c1. The fourth-order valence-corrected chi connectivity index (χ4v) is 1.50. The van der Waals surface area contributed by atoms with Gasteiger partial charge in [-0.1, -0.05) is 43.7 Å². The summed E-state index contributed by atoms with van der Waals surface area (Å²) in [6.07, 6.45) is 6.48. The molecule has 0 saturated heterocycles. The second-order valence-corrected chi connectivity index (χ2v) is 3.79. The summed E-state index contributed by atoms with van der Waals surface area (Å²) in [7, 11) is 0. The molecule has 2 nitrogen and oxygen atoms in total. The summed E-state index contributed by atoms with van der Waals surface area (Å²) in [5.74, 6) is 0.227. The molecule has 1 aromatic carbocycles. The fraction of sp³-hybridized carbons (Fsp3) is 0.357. The maximum Gasteiger partial charge on any atom is 0.162 e. The second kappa shape index (κ2) is 6.96. The van der Waals surface area contributed by atoms with Crippen LogP contribution in [0.25, 0.3) is 6.08 Å². The Morgan fingerprint density at radius 2 is 2.25 bits per heavy atom. The number of carbonyl (C=O) groups excluding carboxylic acids is 1. The van der Waals surface area contributed by atoms with Crippen LogP contribution in [0, 0.1) is 0 Å². The highest BCUT2D eigenvalue weighted by Gasteiger charge is 2.04. The molecular formula is C14H19NO. The summed E-state index contributed by atoms with van der Waals surface area (Å²) in [5, 5.41) is 0. The molecule has 16 heavy (non-hydrogen) atoms. The highest BCUT2D eigenvalue weighted by atomic mass is 16.1. The van der Waals surface area contributed by atoms with E-state index in [0.29, 0.717) is 13.0 Å². The quantitative estimate of drug-likeness (QED) is 0.744. The normalized spacial score (nSPS) is 10.9. The Labute approximate surface area is 97.2 Å². The van der Waals surface area contributed by atoms with Crippen molar-refractivity contribution in [3.8, 4) is 0 Å². The maximum atomic E-state index is 11.8. The molecule has 0 saturated carbocycles. The van der Waals surface area contributed by atoms with Crippen LogP contribution in [0.1, 0.15) is 42.1 Å². The largest absolute Gasteiger partial charge is 0.327 e. The van der Waals surface area contributed by atoms with Crippen molar-refractivity contribution in [3.63, 3.8) is 0 Å². The van der Waals surface area contributed by atoms with Gasteiger partial charge in [0.1, 0.15) is 0 Å². The molecule has 0 aliphatic heterocycles. The number of nitrogens with two attached hydrogens (primary N) is 1. The second-order valence-electron chi connectivity index (χ2n) is 3.79. The Morgan fingerprint density at radius 3 is 2.94 bits per heavy atom. The summed E-state index contributed by atoms with van der Waals surface area (Å²) in [4.78, 5) is 11.8. The van der Waals surface area contributed by atoms with Gasteiger partial charge in [-0.05, 0) is 18.1 Å². The van der Waals surface area contributed by atoms with Crippen molar-refractivity contribution in [3.05, 3.63) is 41.5 Å². The predicted octanol–water partition coefficient (Wildman–Crippen LogP) is 3.03. The fourth-order valence-electron chi connectivity index (χ4n) is 1.50. The van der Waals surface area contributed by atoms with Crippen molar-refractivity contribution >= 4 is 11.9 Å². The monoisotopic (exact) mass is 217 g/mol. The smallest absolute Gasteiger partial charge is 0.162 e. The van der Waals surface area contributed by atoms with E-state index < -0.39 is 0 Å². The average molecular weight is 217 g/mol. The number of carbonyl (C=O) groups is 1. The van der Waals surface area contributed by atoms with Crippen molar-refractivity contribution < 1.29 is 4.79 Å². The molecule has 2 N–H and O–H groups in total. The molecule has 0 fully saturated rings. The van der Waals surface area contributed by atoms with Gasteiger partial charge in [0, 0.05) is 18.5 Å². The van der Waals surface area contributed by atoms with Crippen molar-refractivity contribution in [1.29, 1.82) is 0 Å². The first kappa shape index (κ1) is 12.7. The minimum Gasteiger partial charge on any atom is -0.327 e. The predicted molar refractivity (Wildman–Crippen MR) is 68.4 cm³/mol. The number of Topliss-reactive ketones (excluding diaryl/α,β-unsaturated/α-hetero) is 1. The van der Waals surface area contributed by atoms with E-state index in [1.165, 1.54) is 0 Å². The van der Waals surface area contributed by atoms with Crippen molar-refractivity contribution in [2.24, 2.45) is 5.73 Å². The van der Waals surface area contributed by atoms with Crippen molar-refractivity contribution in [2.45, 2.75) is 26.2 Å². The molecule has 1 aromatic rings. The minimum absolute atomic E-state index is 0.227. The molecule has 0 radical (unpaired) electrons. The summed E-state index contributed by atoms with van der Waals surface area (Å²) in [5.41, 5.74) is 7.22. The highest BCUT2D eigenvalue weighted by molar-refractivity contribution is 5.96.